The average Bonchev–Trinajstić information content (AvgIpc) is 2.98. The number of anilines is 1. The lowest BCUT2D eigenvalue weighted by atomic mass is 10.3. The van der Waals surface area contributed by atoms with Crippen molar-refractivity contribution in [2.45, 2.75) is 0 Å². The molecule has 0 heterocycles. The number of rotatable bonds is 33. The fourth-order valence-electron chi connectivity index (χ4n) is 2.93. The molecule has 12 nitrogen and oxygen atoms in total. The van der Waals surface area contributed by atoms with Crippen LogP contribution in [-0.4, -0.2) is 139 Å². The highest BCUT2D eigenvalue weighted by Gasteiger charge is 1.97. The maximum absolute atomic E-state index is 5.63. The summed E-state index contributed by atoms with van der Waals surface area (Å²) in [6.45, 7) is 14.5. The van der Waals surface area contributed by atoms with Crippen molar-refractivity contribution in [1.82, 2.24) is 0 Å². The van der Waals surface area contributed by atoms with Crippen molar-refractivity contribution in [1.29, 1.82) is 0 Å². The van der Waals surface area contributed by atoms with Crippen LogP contribution in [0.15, 0.2) is 36.9 Å². The Bertz CT molecular complexity index is 667. The molecule has 238 valence electrons. The molecule has 2 N–H and O–H groups in total. The Morgan fingerprint density at radius 2 is 0.683 bits per heavy atom. The van der Waals surface area contributed by atoms with Gasteiger partial charge in [-0.15, -0.1) is 6.58 Å². The molecule has 1 rings (SSSR count). The van der Waals surface area contributed by atoms with Crippen molar-refractivity contribution in [2.24, 2.45) is 0 Å². The Hall–Kier alpha value is -1.84. The summed E-state index contributed by atoms with van der Waals surface area (Å²) in [4.78, 5) is 0. The topological polar surface area (TPSA) is 128 Å². The standard InChI is InChI=1S/C29H51NO11/c1-2-7-31-8-9-32-10-11-33-12-13-34-14-15-35-16-17-36-18-19-37-20-21-38-22-23-39-24-25-40-26-27-41-29-5-3-28(30)4-6-29/h2-6H,1,7-27,30H2. The predicted molar refractivity (Wildman–Crippen MR) is 155 cm³/mol. The van der Waals surface area contributed by atoms with E-state index in [1.165, 1.54) is 0 Å². The van der Waals surface area contributed by atoms with Gasteiger partial charge in [0.05, 0.1) is 132 Å². The van der Waals surface area contributed by atoms with E-state index in [0.29, 0.717) is 144 Å². The van der Waals surface area contributed by atoms with Gasteiger partial charge in [-0.05, 0) is 24.3 Å². The van der Waals surface area contributed by atoms with Crippen LogP contribution in [0, 0.1) is 0 Å². The number of hydrogen-bond acceptors (Lipinski definition) is 12. The number of ether oxygens (including phenoxy) is 11. The summed E-state index contributed by atoms with van der Waals surface area (Å²) < 4.78 is 59.8. The van der Waals surface area contributed by atoms with Crippen LogP contribution in [-0.2, 0) is 47.4 Å². The van der Waals surface area contributed by atoms with E-state index >= 15 is 0 Å². The molecule has 0 saturated carbocycles. The minimum Gasteiger partial charge on any atom is -0.491 e. The molecule has 12 heteroatoms. The van der Waals surface area contributed by atoms with Gasteiger partial charge in [-0.1, -0.05) is 6.08 Å². The molecule has 0 bridgehead atoms. The Labute approximate surface area is 245 Å². The first kappa shape index (κ1) is 37.2. The summed E-state index contributed by atoms with van der Waals surface area (Å²) >= 11 is 0. The summed E-state index contributed by atoms with van der Waals surface area (Å²) in [6, 6.07) is 7.26. The summed E-state index contributed by atoms with van der Waals surface area (Å²) in [5.41, 5.74) is 6.35. The quantitative estimate of drug-likeness (QED) is 0.0732. The van der Waals surface area contributed by atoms with Gasteiger partial charge in [0.15, 0.2) is 0 Å². The maximum atomic E-state index is 5.63. The molecule has 0 saturated heterocycles. The van der Waals surface area contributed by atoms with Crippen LogP contribution in [0.1, 0.15) is 0 Å². The molecule has 0 spiro atoms. The van der Waals surface area contributed by atoms with Crippen molar-refractivity contribution >= 4 is 5.69 Å². The fraction of sp³-hybridized carbons (Fsp3) is 0.724. The molecule has 0 atom stereocenters. The lowest BCUT2D eigenvalue weighted by Gasteiger charge is -2.09. The number of nitrogens with two attached hydrogens (primary N) is 1. The molecular formula is C29H51NO11. The Morgan fingerprint density at radius 3 is 0.976 bits per heavy atom. The van der Waals surface area contributed by atoms with E-state index in [2.05, 4.69) is 6.58 Å². The highest BCUT2D eigenvalue weighted by Crippen LogP contribution is 2.12. The smallest absolute Gasteiger partial charge is 0.119 e. The minimum absolute atomic E-state index is 0.477. The van der Waals surface area contributed by atoms with Crippen molar-refractivity contribution in [3.8, 4) is 5.75 Å². The van der Waals surface area contributed by atoms with Crippen LogP contribution < -0.4 is 10.5 Å². The first-order valence-corrected chi connectivity index (χ1v) is 14.2. The summed E-state index contributed by atoms with van der Waals surface area (Å²) in [6.07, 6.45) is 1.71. The zero-order valence-corrected chi connectivity index (χ0v) is 24.5. The van der Waals surface area contributed by atoms with Gasteiger partial charge in [-0.25, -0.2) is 0 Å². The molecule has 1 aromatic carbocycles. The number of hydrogen-bond donors (Lipinski definition) is 1. The molecule has 0 aliphatic carbocycles. The van der Waals surface area contributed by atoms with E-state index in [-0.39, 0.29) is 0 Å². The molecule has 0 aromatic heterocycles. The van der Waals surface area contributed by atoms with Crippen molar-refractivity contribution in [2.75, 3.05) is 144 Å². The summed E-state index contributed by atoms with van der Waals surface area (Å²) in [5.74, 6) is 0.773. The molecule has 0 aliphatic rings. The van der Waals surface area contributed by atoms with Gasteiger partial charge in [0.25, 0.3) is 0 Å². The second-order valence-corrected chi connectivity index (χ2v) is 8.29. The monoisotopic (exact) mass is 589 g/mol. The van der Waals surface area contributed by atoms with Gasteiger partial charge < -0.3 is 57.8 Å². The molecule has 1 aromatic rings. The van der Waals surface area contributed by atoms with E-state index in [1.54, 1.807) is 18.2 Å². The normalized spacial score (nSPS) is 11.2. The third-order valence-electron chi connectivity index (χ3n) is 4.96. The van der Waals surface area contributed by atoms with Crippen LogP contribution in [0.5, 0.6) is 5.75 Å². The predicted octanol–water partition coefficient (Wildman–Crippen LogP) is 2.00. The lowest BCUT2D eigenvalue weighted by molar-refractivity contribution is -0.0264. The fourth-order valence-corrected chi connectivity index (χ4v) is 2.93. The first-order valence-electron chi connectivity index (χ1n) is 14.2. The number of benzene rings is 1. The first-order chi connectivity index (χ1) is 20.3. The van der Waals surface area contributed by atoms with E-state index in [4.69, 9.17) is 57.8 Å². The van der Waals surface area contributed by atoms with E-state index in [1.807, 2.05) is 12.1 Å². The Kier molecular flexibility index (Phi) is 28.2. The van der Waals surface area contributed by atoms with E-state index in [0.717, 1.165) is 5.75 Å². The van der Waals surface area contributed by atoms with Gasteiger partial charge in [0.1, 0.15) is 12.4 Å². The SMILES string of the molecule is C=CCOCCOCCOCCOCCOCCOCCOCCOCCOCCOCCOc1ccc(N)cc1. The molecule has 41 heavy (non-hydrogen) atoms. The minimum atomic E-state index is 0.477. The van der Waals surface area contributed by atoms with Crippen molar-refractivity contribution in [3.05, 3.63) is 36.9 Å². The van der Waals surface area contributed by atoms with Gasteiger partial charge in [-0.2, -0.15) is 0 Å². The largest absolute Gasteiger partial charge is 0.491 e. The molecule has 0 aliphatic heterocycles. The van der Waals surface area contributed by atoms with Gasteiger partial charge >= 0.3 is 0 Å². The lowest BCUT2D eigenvalue weighted by Crippen LogP contribution is -2.15. The highest BCUT2D eigenvalue weighted by molar-refractivity contribution is 5.41. The van der Waals surface area contributed by atoms with Crippen LogP contribution >= 0.6 is 0 Å². The molecule has 0 radical (unpaired) electrons. The maximum Gasteiger partial charge on any atom is 0.119 e. The zero-order chi connectivity index (χ0) is 29.3. The molecule has 0 unspecified atom stereocenters. The van der Waals surface area contributed by atoms with Crippen LogP contribution in [0.4, 0.5) is 5.69 Å². The van der Waals surface area contributed by atoms with Crippen LogP contribution in [0.2, 0.25) is 0 Å². The summed E-state index contributed by atoms with van der Waals surface area (Å²) in [7, 11) is 0. The van der Waals surface area contributed by atoms with E-state index in [9.17, 15) is 0 Å². The van der Waals surface area contributed by atoms with Gasteiger partial charge in [0, 0.05) is 5.69 Å². The molecule has 0 amide bonds. The Balaban J connectivity index is 1.63. The van der Waals surface area contributed by atoms with Crippen LogP contribution in [0.25, 0.3) is 0 Å². The van der Waals surface area contributed by atoms with Gasteiger partial charge in [0.2, 0.25) is 0 Å². The summed E-state index contributed by atoms with van der Waals surface area (Å²) in [5, 5.41) is 0. The third-order valence-corrected chi connectivity index (χ3v) is 4.96. The van der Waals surface area contributed by atoms with Crippen molar-refractivity contribution < 1.29 is 52.1 Å². The van der Waals surface area contributed by atoms with Crippen molar-refractivity contribution in [3.63, 3.8) is 0 Å². The molecule has 0 fully saturated rings. The Morgan fingerprint density at radius 1 is 0.415 bits per heavy atom. The van der Waals surface area contributed by atoms with E-state index < -0.39 is 0 Å². The third kappa shape index (κ3) is 28.1. The average molecular weight is 590 g/mol. The number of nitrogen functional groups attached to an aromatic ring is 1. The highest BCUT2D eigenvalue weighted by atomic mass is 16.6. The van der Waals surface area contributed by atoms with Crippen LogP contribution in [0.3, 0.4) is 0 Å². The molecular weight excluding hydrogens is 538 g/mol. The second-order valence-electron chi connectivity index (χ2n) is 8.29. The zero-order valence-electron chi connectivity index (χ0n) is 24.5. The second kappa shape index (κ2) is 31.1. The van der Waals surface area contributed by atoms with Gasteiger partial charge in [-0.3, -0.25) is 0 Å².